The number of hydrazone groups is 1. The first kappa shape index (κ1) is 24.8. The van der Waals surface area contributed by atoms with Crippen molar-refractivity contribution in [3.05, 3.63) is 78.4 Å². The maximum atomic E-state index is 12.4. The van der Waals surface area contributed by atoms with Crippen molar-refractivity contribution in [3.63, 3.8) is 0 Å². The molecule has 0 aliphatic heterocycles. The summed E-state index contributed by atoms with van der Waals surface area (Å²) in [6.45, 7) is 0. The number of benzene rings is 3. The Morgan fingerprint density at radius 1 is 0.944 bits per heavy atom. The highest BCUT2D eigenvalue weighted by atomic mass is 32.2. The number of ether oxygens (including phenoxy) is 3. The van der Waals surface area contributed by atoms with E-state index in [-0.39, 0.29) is 11.7 Å². The van der Waals surface area contributed by atoms with Crippen molar-refractivity contribution in [1.29, 1.82) is 0 Å². The molecule has 1 N–H and O–H groups in total. The van der Waals surface area contributed by atoms with Crippen molar-refractivity contribution in [2.75, 3.05) is 27.1 Å². The SMILES string of the molecule is COc1ccc(/C=N/NC(=O)CSc2nnc(-c3ccc(OC)c(OC)c3)n2-c2ccccc2)cc1. The summed E-state index contributed by atoms with van der Waals surface area (Å²) in [5, 5.41) is 13.4. The number of thioether (sulfide) groups is 1. The Bertz CT molecular complexity index is 1340. The summed E-state index contributed by atoms with van der Waals surface area (Å²) in [4.78, 5) is 12.4. The molecule has 0 aliphatic rings. The summed E-state index contributed by atoms with van der Waals surface area (Å²) in [5.41, 5.74) is 5.05. The van der Waals surface area contributed by atoms with Gasteiger partial charge in [0, 0.05) is 11.3 Å². The first-order valence-corrected chi connectivity index (χ1v) is 11.9. The first-order chi connectivity index (χ1) is 17.6. The van der Waals surface area contributed by atoms with E-state index >= 15 is 0 Å². The molecule has 4 rings (SSSR count). The zero-order valence-electron chi connectivity index (χ0n) is 20.0. The average molecular weight is 504 g/mol. The van der Waals surface area contributed by atoms with Crippen LogP contribution in [-0.2, 0) is 4.79 Å². The van der Waals surface area contributed by atoms with Crippen LogP contribution in [0.5, 0.6) is 17.2 Å². The van der Waals surface area contributed by atoms with Crippen LogP contribution in [0.15, 0.2) is 83.1 Å². The molecule has 9 nitrogen and oxygen atoms in total. The molecule has 3 aromatic carbocycles. The number of hydrogen-bond acceptors (Lipinski definition) is 8. The number of para-hydroxylation sites is 1. The van der Waals surface area contributed by atoms with Gasteiger partial charge in [-0.1, -0.05) is 30.0 Å². The lowest BCUT2D eigenvalue weighted by atomic mass is 10.2. The van der Waals surface area contributed by atoms with Crippen molar-refractivity contribution in [2.45, 2.75) is 5.16 Å². The fourth-order valence-corrected chi connectivity index (χ4v) is 4.11. The van der Waals surface area contributed by atoms with Crippen LogP contribution >= 0.6 is 11.8 Å². The zero-order chi connectivity index (χ0) is 25.3. The predicted octanol–water partition coefficient (Wildman–Crippen LogP) is 4.20. The number of nitrogens with one attached hydrogen (secondary N) is 1. The molecule has 0 fully saturated rings. The van der Waals surface area contributed by atoms with E-state index in [9.17, 15) is 4.79 Å². The Morgan fingerprint density at radius 3 is 2.39 bits per heavy atom. The topological polar surface area (TPSA) is 99.9 Å². The molecule has 0 saturated carbocycles. The highest BCUT2D eigenvalue weighted by molar-refractivity contribution is 7.99. The van der Waals surface area contributed by atoms with Gasteiger partial charge in [-0.3, -0.25) is 9.36 Å². The normalized spacial score (nSPS) is 10.9. The van der Waals surface area contributed by atoms with Crippen molar-refractivity contribution in [2.24, 2.45) is 5.10 Å². The lowest BCUT2D eigenvalue weighted by molar-refractivity contribution is -0.118. The first-order valence-electron chi connectivity index (χ1n) is 10.9. The van der Waals surface area contributed by atoms with E-state index in [0.717, 1.165) is 22.6 Å². The highest BCUT2D eigenvalue weighted by Crippen LogP contribution is 2.34. The number of aromatic nitrogens is 3. The van der Waals surface area contributed by atoms with Gasteiger partial charge in [0.25, 0.3) is 5.91 Å². The third-order valence-corrected chi connectivity index (χ3v) is 6.07. The molecule has 1 amide bonds. The van der Waals surface area contributed by atoms with Crippen LogP contribution < -0.4 is 19.6 Å². The molecular weight excluding hydrogens is 478 g/mol. The van der Waals surface area contributed by atoms with Gasteiger partial charge in [-0.15, -0.1) is 10.2 Å². The Balaban J connectivity index is 1.51. The minimum atomic E-state index is -0.264. The summed E-state index contributed by atoms with van der Waals surface area (Å²) in [6.07, 6.45) is 1.57. The van der Waals surface area contributed by atoms with Gasteiger partial charge in [0.05, 0.1) is 33.3 Å². The fourth-order valence-electron chi connectivity index (χ4n) is 3.37. The molecule has 36 heavy (non-hydrogen) atoms. The summed E-state index contributed by atoms with van der Waals surface area (Å²) in [5.74, 6) is 2.41. The lowest BCUT2D eigenvalue weighted by Gasteiger charge is -2.12. The molecule has 184 valence electrons. The van der Waals surface area contributed by atoms with E-state index in [1.165, 1.54) is 11.8 Å². The van der Waals surface area contributed by atoms with E-state index in [4.69, 9.17) is 14.2 Å². The van der Waals surface area contributed by atoms with Crippen molar-refractivity contribution < 1.29 is 19.0 Å². The number of carbonyl (C=O) groups is 1. The van der Waals surface area contributed by atoms with Gasteiger partial charge < -0.3 is 14.2 Å². The van der Waals surface area contributed by atoms with Crippen LogP contribution in [0.25, 0.3) is 17.1 Å². The maximum Gasteiger partial charge on any atom is 0.250 e. The highest BCUT2D eigenvalue weighted by Gasteiger charge is 2.18. The van der Waals surface area contributed by atoms with Crippen LogP contribution in [0.1, 0.15) is 5.56 Å². The van der Waals surface area contributed by atoms with Crippen molar-refractivity contribution in [1.82, 2.24) is 20.2 Å². The lowest BCUT2D eigenvalue weighted by Crippen LogP contribution is -2.20. The molecule has 4 aromatic rings. The number of rotatable bonds is 10. The number of methoxy groups -OCH3 is 3. The van der Waals surface area contributed by atoms with E-state index in [2.05, 4.69) is 20.7 Å². The Morgan fingerprint density at radius 2 is 1.69 bits per heavy atom. The summed E-state index contributed by atoms with van der Waals surface area (Å²) in [6, 6.07) is 22.6. The minimum Gasteiger partial charge on any atom is -0.497 e. The molecule has 0 unspecified atom stereocenters. The van der Waals surface area contributed by atoms with Gasteiger partial charge in [-0.05, 0) is 60.2 Å². The molecule has 0 spiro atoms. The number of nitrogens with zero attached hydrogens (tertiary/aromatic N) is 4. The molecule has 1 heterocycles. The average Bonchev–Trinajstić information content (AvgIpc) is 3.36. The van der Waals surface area contributed by atoms with Crippen molar-refractivity contribution >= 4 is 23.9 Å². The Kier molecular flexibility index (Phi) is 8.20. The Labute approximate surface area is 213 Å². The van der Waals surface area contributed by atoms with E-state index in [1.807, 2.05) is 77.4 Å². The molecular formula is C26H25N5O4S. The second-order valence-corrected chi connectivity index (χ2v) is 8.34. The van der Waals surface area contributed by atoms with Crippen LogP contribution in [-0.4, -0.2) is 54.0 Å². The third-order valence-electron chi connectivity index (χ3n) is 5.14. The quantitative estimate of drug-likeness (QED) is 0.197. The number of carbonyl (C=O) groups excluding carboxylic acids is 1. The second-order valence-electron chi connectivity index (χ2n) is 7.40. The van der Waals surface area contributed by atoms with Gasteiger partial charge in [-0.2, -0.15) is 5.10 Å². The summed E-state index contributed by atoms with van der Waals surface area (Å²) >= 11 is 1.27. The standard InChI is InChI=1S/C26H25N5O4S/c1-33-21-12-9-18(10-13-21)16-27-28-24(32)17-36-26-30-29-25(31(26)20-7-5-4-6-8-20)19-11-14-22(34-2)23(15-19)35-3/h4-16H,17H2,1-3H3,(H,28,32)/b27-16+. The number of hydrogen-bond donors (Lipinski definition) is 1. The smallest absolute Gasteiger partial charge is 0.250 e. The zero-order valence-corrected chi connectivity index (χ0v) is 20.9. The third kappa shape index (κ3) is 5.84. The fraction of sp³-hybridized carbons (Fsp3) is 0.154. The molecule has 0 atom stereocenters. The van der Waals surface area contributed by atoms with E-state index in [1.54, 1.807) is 27.5 Å². The van der Waals surface area contributed by atoms with Gasteiger partial charge in [0.2, 0.25) is 0 Å². The minimum absolute atomic E-state index is 0.108. The molecule has 0 aliphatic carbocycles. The van der Waals surface area contributed by atoms with Crippen LogP contribution in [0.2, 0.25) is 0 Å². The molecule has 10 heteroatoms. The van der Waals surface area contributed by atoms with Gasteiger partial charge in [0.15, 0.2) is 22.5 Å². The van der Waals surface area contributed by atoms with Crippen LogP contribution in [0, 0.1) is 0 Å². The molecule has 0 bridgehead atoms. The van der Waals surface area contributed by atoms with E-state index < -0.39 is 0 Å². The van der Waals surface area contributed by atoms with Gasteiger partial charge >= 0.3 is 0 Å². The summed E-state index contributed by atoms with van der Waals surface area (Å²) < 4.78 is 17.8. The van der Waals surface area contributed by atoms with Crippen LogP contribution in [0.4, 0.5) is 0 Å². The Hall–Kier alpha value is -4.31. The van der Waals surface area contributed by atoms with Crippen LogP contribution in [0.3, 0.4) is 0 Å². The number of amides is 1. The molecule has 0 saturated heterocycles. The van der Waals surface area contributed by atoms with E-state index in [0.29, 0.717) is 22.5 Å². The van der Waals surface area contributed by atoms with Crippen molar-refractivity contribution in [3.8, 4) is 34.3 Å². The maximum absolute atomic E-state index is 12.4. The monoisotopic (exact) mass is 503 g/mol. The molecule has 0 radical (unpaired) electrons. The second kappa shape index (κ2) is 11.9. The van der Waals surface area contributed by atoms with Gasteiger partial charge in [-0.25, -0.2) is 5.43 Å². The van der Waals surface area contributed by atoms with Gasteiger partial charge in [0.1, 0.15) is 5.75 Å². The summed E-state index contributed by atoms with van der Waals surface area (Å²) in [7, 11) is 4.78. The predicted molar refractivity (Wildman–Crippen MR) is 139 cm³/mol. The largest absolute Gasteiger partial charge is 0.497 e. The molecule has 1 aromatic heterocycles.